The number of hydrogen-bond donors (Lipinski definition) is 1. The van der Waals surface area contributed by atoms with Crippen molar-refractivity contribution in [3.05, 3.63) is 60.5 Å². The van der Waals surface area contributed by atoms with Crippen molar-refractivity contribution in [2.45, 2.75) is 19.9 Å². The SMILES string of the molecule is CCc1nnc(-c2cc3ccccc3n2CC(=O)Nc2ccccc2OC)o1. The molecule has 0 fully saturated rings. The highest BCUT2D eigenvalue weighted by atomic mass is 16.5. The number of carbonyl (C=O) groups is 1. The molecule has 0 radical (unpaired) electrons. The van der Waals surface area contributed by atoms with Crippen molar-refractivity contribution in [3.63, 3.8) is 0 Å². The zero-order valence-electron chi connectivity index (χ0n) is 15.7. The highest BCUT2D eigenvalue weighted by molar-refractivity contribution is 5.94. The van der Waals surface area contributed by atoms with Gasteiger partial charge in [0.25, 0.3) is 5.89 Å². The number of benzene rings is 2. The minimum absolute atomic E-state index is 0.102. The Morgan fingerprint density at radius 2 is 1.93 bits per heavy atom. The fourth-order valence-electron chi connectivity index (χ4n) is 3.14. The Bertz CT molecular complexity index is 1130. The van der Waals surface area contributed by atoms with Gasteiger partial charge >= 0.3 is 0 Å². The van der Waals surface area contributed by atoms with Gasteiger partial charge in [0.05, 0.1) is 12.8 Å². The van der Waals surface area contributed by atoms with Gasteiger partial charge in [-0.15, -0.1) is 10.2 Å². The van der Waals surface area contributed by atoms with Crippen LogP contribution >= 0.6 is 0 Å². The molecule has 7 nitrogen and oxygen atoms in total. The molecule has 1 N–H and O–H groups in total. The molecular formula is C21H20N4O3. The quantitative estimate of drug-likeness (QED) is 0.552. The summed E-state index contributed by atoms with van der Waals surface area (Å²) in [5.41, 5.74) is 2.26. The molecule has 28 heavy (non-hydrogen) atoms. The first-order chi connectivity index (χ1) is 13.7. The third kappa shape index (κ3) is 3.34. The number of carbonyl (C=O) groups excluding carboxylic acids is 1. The topological polar surface area (TPSA) is 82.2 Å². The van der Waals surface area contributed by atoms with Crippen LogP contribution in [0.25, 0.3) is 22.5 Å². The van der Waals surface area contributed by atoms with E-state index in [1.165, 1.54) is 0 Å². The minimum Gasteiger partial charge on any atom is -0.495 e. The molecule has 0 aliphatic carbocycles. The largest absolute Gasteiger partial charge is 0.495 e. The van der Waals surface area contributed by atoms with Gasteiger partial charge in [0, 0.05) is 17.3 Å². The monoisotopic (exact) mass is 376 g/mol. The van der Waals surface area contributed by atoms with Crippen molar-refractivity contribution in [1.82, 2.24) is 14.8 Å². The van der Waals surface area contributed by atoms with Crippen LogP contribution in [-0.4, -0.2) is 27.8 Å². The number of aromatic nitrogens is 3. The van der Waals surface area contributed by atoms with E-state index in [0.717, 1.165) is 10.9 Å². The lowest BCUT2D eigenvalue weighted by atomic mass is 10.2. The highest BCUT2D eigenvalue weighted by Gasteiger charge is 2.18. The smallest absolute Gasteiger partial charge is 0.264 e. The first-order valence-corrected chi connectivity index (χ1v) is 9.03. The fourth-order valence-corrected chi connectivity index (χ4v) is 3.14. The van der Waals surface area contributed by atoms with Crippen LogP contribution in [0.4, 0.5) is 5.69 Å². The molecule has 0 aliphatic heterocycles. The van der Waals surface area contributed by atoms with E-state index >= 15 is 0 Å². The Morgan fingerprint density at radius 1 is 1.14 bits per heavy atom. The third-order valence-corrected chi connectivity index (χ3v) is 4.48. The number of hydrogen-bond acceptors (Lipinski definition) is 5. The van der Waals surface area contributed by atoms with Gasteiger partial charge in [0.2, 0.25) is 11.8 Å². The summed E-state index contributed by atoms with van der Waals surface area (Å²) >= 11 is 0. The Labute approximate surface area is 161 Å². The second-order valence-corrected chi connectivity index (χ2v) is 6.28. The van der Waals surface area contributed by atoms with Crippen molar-refractivity contribution < 1.29 is 13.9 Å². The summed E-state index contributed by atoms with van der Waals surface area (Å²) in [5.74, 6) is 1.39. The van der Waals surface area contributed by atoms with E-state index in [1.54, 1.807) is 19.2 Å². The molecule has 0 aliphatic rings. The van der Waals surface area contributed by atoms with Crippen molar-refractivity contribution in [2.75, 3.05) is 12.4 Å². The first-order valence-electron chi connectivity index (χ1n) is 9.03. The van der Waals surface area contributed by atoms with Gasteiger partial charge in [-0.1, -0.05) is 37.3 Å². The van der Waals surface area contributed by atoms with Gasteiger partial charge in [-0.05, 0) is 24.3 Å². The van der Waals surface area contributed by atoms with Gasteiger partial charge in [-0.25, -0.2) is 0 Å². The molecule has 4 rings (SSSR count). The van der Waals surface area contributed by atoms with Crippen LogP contribution in [0.2, 0.25) is 0 Å². The third-order valence-electron chi connectivity index (χ3n) is 4.48. The Morgan fingerprint density at radius 3 is 2.71 bits per heavy atom. The maximum atomic E-state index is 12.8. The lowest BCUT2D eigenvalue weighted by Gasteiger charge is -2.12. The summed E-state index contributed by atoms with van der Waals surface area (Å²) in [6, 6.07) is 17.1. The molecule has 142 valence electrons. The molecule has 0 atom stereocenters. The van der Waals surface area contributed by atoms with Crippen molar-refractivity contribution in [3.8, 4) is 17.3 Å². The maximum Gasteiger partial charge on any atom is 0.264 e. The van der Waals surface area contributed by atoms with Crippen LogP contribution < -0.4 is 10.1 Å². The standard InChI is InChI=1S/C21H20N4O3/c1-3-20-23-24-21(28-20)17-12-14-8-4-6-10-16(14)25(17)13-19(26)22-15-9-5-7-11-18(15)27-2/h4-12H,3,13H2,1-2H3,(H,22,26). The molecular weight excluding hydrogens is 356 g/mol. The van der Waals surface area contributed by atoms with E-state index < -0.39 is 0 Å². The normalized spacial score (nSPS) is 10.9. The van der Waals surface area contributed by atoms with Crippen molar-refractivity contribution in [2.24, 2.45) is 0 Å². The average molecular weight is 376 g/mol. The Kier molecular flexibility index (Phi) is 4.80. The number of fused-ring (bicyclic) bond motifs is 1. The van der Waals surface area contributed by atoms with E-state index in [4.69, 9.17) is 9.15 Å². The number of anilines is 1. The summed E-state index contributed by atoms with van der Waals surface area (Å²) in [6.07, 6.45) is 0.654. The van der Waals surface area contributed by atoms with E-state index in [-0.39, 0.29) is 12.5 Å². The van der Waals surface area contributed by atoms with Crippen LogP contribution in [0.1, 0.15) is 12.8 Å². The summed E-state index contributed by atoms with van der Waals surface area (Å²) in [6.45, 7) is 2.05. The summed E-state index contributed by atoms with van der Waals surface area (Å²) < 4.78 is 12.9. The van der Waals surface area contributed by atoms with Crippen LogP contribution in [0.3, 0.4) is 0 Å². The maximum absolute atomic E-state index is 12.8. The lowest BCUT2D eigenvalue weighted by Crippen LogP contribution is -2.19. The summed E-state index contributed by atoms with van der Waals surface area (Å²) in [5, 5.41) is 12.1. The average Bonchev–Trinajstić information content (AvgIpc) is 3.33. The molecule has 0 spiro atoms. The lowest BCUT2D eigenvalue weighted by molar-refractivity contribution is -0.116. The molecule has 7 heteroatoms. The van der Waals surface area contributed by atoms with Gasteiger partial charge in [-0.3, -0.25) is 4.79 Å². The zero-order valence-corrected chi connectivity index (χ0v) is 15.7. The van der Waals surface area contributed by atoms with Gasteiger partial charge in [-0.2, -0.15) is 0 Å². The molecule has 0 saturated heterocycles. The molecule has 2 aromatic heterocycles. The minimum atomic E-state index is -0.178. The zero-order chi connectivity index (χ0) is 19.5. The van der Waals surface area contributed by atoms with E-state index in [9.17, 15) is 4.79 Å². The van der Waals surface area contributed by atoms with Crippen molar-refractivity contribution >= 4 is 22.5 Å². The number of para-hydroxylation sites is 3. The second kappa shape index (κ2) is 7.56. The van der Waals surface area contributed by atoms with Crippen LogP contribution in [0, 0.1) is 0 Å². The number of rotatable bonds is 6. The van der Waals surface area contributed by atoms with Gasteiger partial charge in [0.15, 0.2) is 0 Å². The molecule has 0 unspecified atom stereocenters. The van der Waals surface area contributed by atoms with E-state index in [1.807, 2.05) is 54.0 Å². The van der Waals surface area contributed by atoms with Gasteiger partial charge in [0.1, 0.15) is 18.0 Å². The number of nitrogens with zero attached hydrogens (tertiary/aromatic N) is 3. The number of amides is 1. The predicted octanol–water partition coefficient (Wildman–Crippen LogP) is 3.90. The first kappa shape index (κ1) is 17.8. The Balaban J connectivity index is 1.69. The number of ether oxygens (including phenoxy) is 1. The van der Waals surface area contributed by atoms with Crippen LogP contribution in [0.15, 0.2) is 59.0 Å². The highest BCUT2D eigenvalue weighted by Crippen LogP contribution is 2.28. The van der Waals surface area contributed by atoms with Gasteiger partial charge < -0.3 is 19.0 Å². The number of aryl methyl sites for hydroxylation is 1. The Hall–Kier alpha value is -3.61. The van der Waals surface area contributed by atoms with E-state index in [2.05, 4.69) is 15.5 Å². The second-order valence-electron chi connectivity index (χ2n) is 6.28. The fraction of sp³-hybridized carbons (Fsp3) is 0.190. The molecule has 1 amide bonds. The van der Waals surface area contributed by atoms with Crippen LogP contribution in [-0.2, 0) is 17.8 Å². The predicted molar refractivity (Wildman–Crippen MR) is 106 cm³/mol. The molecule has 2 heterocycles. The van der Waals surface area contributed by atoms with E-state index in [0.29, 0.717) is 35.3 Å². The molecule has 0 saturated carbocycles. The summed E-state index contributed by atoms with van der Waals surface area (Å²) in [4.78, 5) is 12.8. The summed E-state index contributed by atoms with van der Waals surface area (Å²) in [7, 11) is 1.57. The number of methoxy groups -OCH3 is 1. The van der Waals surface area contributed by atoms with Crippen LogP contribution in [0.5, 0.6) is 5.75 Å². The molecule has 2 aromatic carbocycles. The van der Waals surface area contributed by atoms with Crippen molar-refractivity contribution in [1.29, 1.82) is 0 Å². The molecule has 4 aromatic rings. The molecule has 0 bridgehead atoms. The number of nitrogens with one attached hydrogen (secondary N) is 1.